The molecule has 3 heteroatoms. The second kappa shape index (κ2) is 5.30. The van der Waals surface area contributed by atoms with Crippen molar-refractivity contribution in [3.8, 4) is 0 Å². The van der Waals surface area contributed by atoms with Gasteiger partial charge in [0.15, 0.2) is 0 Å². The van der Waals surface area contributed by atoms with Gasteiger partial charge in [-0.2, -0.15) is 0 Å². The second-order valence-corrected chi connectivity index (χ2v) is 4.44. The van der Waals surface area contributed by atoms with Crippen LogP contribution in [-0.4, -0.2) is 31.2 Å². The molecule has 1 aliphatic rings. The average Bonchev–Trinajstić information content (AvgIpc) is 2.39. The Morgan fingerprint density at radius 2 is 2.38 bits per heavy atom. The van der Waals surface area contributed by atoms with Crippen molar-refractivity contribution in [2.75, 3.05) is 25.0 Å². The predicted octanol–water partition coefficient (Wildman–Crippen LogP) is 1.83. The standard InChI is InChI=1S/C13H21N3/c1-3-11-6-7-13(9-15-11)16-8-4-5-12(10-16)14-2/h6-7,9,12,14H,3-5,8,10H2,1-2H3/t12-/m1/s1. The molecule has 1 N–H and O–H groups in total. The fourth-order valence-corrected chi connectivity index (χ4v) is 2.26. The highest BCUT2D eigenvalue weighted by atomic mass is 15.2. The fraction of sp³-hybridized carbons (Fsp3) is 0.615. The van der Waals surface area contributed by atoms with Gasteiger partial charge in [-0.3, -0.25) is 4.98 Å². The molecule has 16 heavy (non-hydrogen) atoms. The number of pyridine rings is 1. The topological polar surface area (TPSA) is 28.2 Å². The molecule has 1 aliphatic heterocycles. The van der Waals surface area contributed by atoms with Crippen molar-refractivity contribution in [2.24, 2.45) is 0 Å². The minimum atomic E-state index is 0.625. The summed E-state index contributed by atoms with van der Waals surface area (Å²) >= 11 is 0. The van der Waals surface area contributed by atoms with Crippen LogP contribution >= 0.6 is 0 Å². The van der Waals surface area contributed by atoms with E-state index < -0.39 is 0 Å². The second-order valence-electron chi connectivity index (χ2n) is 4.44. The molecule has 1 atom stereocenters. The first-order chi connectivity index (χ1) is 7.83. The van der Waals surface area contributed by atoms with E-state index in [0.29, 0.717) is 6.04 Å². The number of anilines is 1. The highest BCUT2D eigenvalue weighted by Crippen LogP contribution is 2.19. The van der Waals surface area contributed by atoms with Crippen LogP contribution in [0.4, 0.5) is 5.69 Å². The summed E-state index contributed by atoms with van der Waals surface area (Å²) in [6.07, 6.45) is 5.57. The molecule has 88 valence electrons. The van der Waals surface area contributed by atoms with Gasteiger partial charge in [0.1, 0.15) is 0 Å². The molecule has 0 bridgehead atoms. The van der Waals surface area contributed by atoms with Crippen molar-refractivity contribution in [1.82, 2.24) is 10.3 Å². The third-order valence-corrected chi connectivity index (χ3v) is 3.37. The predicted molar refractivity (Wildman–Crippen MR) is 67.9 cm³/mol. The molecule has 0 unspecified atom stereocenters. The lowest BCUT2D eigenvalue weighted by Gasteiger charge is -2.34. The maximum atomic E-state index is 4.46. The zero-order valence-electron chi connectivity index (χ0n) is 10.2. The molecule has 1 saturated heterocycles. The van der Waals surface area contributed by atoms with Crippen LogP contribution in [0.2, 0.25) is 0 Å². The minimum Gasteiger partial charge on any atom is -0.369 e. The Morgan fingerprint density at radius 1 is 1.50 bits per heavy atom. The van der Waals surface area contributed by atoms with E-state index in [0.717, 1.165) is 19.5 Å². The summed E-state index contributed by atoms with van der Waals surface area (Å²) in [6, 6.07) is 4.96. The molecule has 1 aromatic heterocycles. The zero-order chi connectivity index (χ0) is 11.4. The van der Waals surface area contributed by atoms with Crippen molar-refractivity contribution in [3.63, 3.8) is 0 Å². The summed E-state index contributed by atoms with van der Waals surface area (Å²) in [4.78, 5) is 6.89. The molecule has 0 amide bonds. The monoisotopic (exact) mass is 219 g/mol. The molecule has 2 rings (SSSR count). The smallest absolute Gasteiger partial charge is 0.0553 e. The third-order valence-electron chi connectivity index (χ3n) is 3.37. The van der Waals surface area contributed by atoms with Gasteiger partial charge in [-0.25, -0.2) is 0 Å². The molecule has 0 saturated carbocycles. The van der Waals surface area contributed by atoms with Crippen molar-refractivity contribution >= 4 is 5.69 Å². The molecule has 1 fully saturated rings. The van der Waals surface area contributed by atoms with Gasteiger partial charge in [-0.05, 0) is 38.4 Å². The summed E-state index contributed by atoms with van der Waals surface area (Å²) in [5, 5.41) is 3.36. The van der Waals surface area contributed by atoms with Crippen LogP contribution in [0.3, 0.4) is 0 Å². The quantitative estimate of drug-likeness (QED) is 0.840. The van der Waals surface area contributed by atoms with Crippen LogP contribution in [-0.2, 0) is 6.42 Å². The van der Waals surface area contributed by atoms with Gasteiger partial charge in [-0.1, -0.05) is 6.92 Å². The number of hydrogen-bond acceptors (Lipinski definition) is 3. The van der Waals surface area contributed by atoms with Crippen molar-refractivity contribution < 1.29 is 0 Å². The van der Waals surface area contributed by atoms with E-state index in [1.807, 2.05) is 13.2 Å². The third kappa shape index (κ3) is 2.53. The average molecular weight is 219 g/mol. The van der Waals surface area contributed by atoms with Gasteiger partial charge in [0.2, 0.25) is 0 Å². The van der Waals surface area contributed by atoms with Gasteiger partial charge < -0.3 is 10.2 Å². The summed E-state index contributed by atoms with van der Waals surface area (Å²) < 4.78 is 0. The van der Waals surface area contributed by atoms with Gasteiger partial charge in [0.05, 0.1) is 11.9 Å². The summed E-state index contributed by atoms with van der Waals surface area (Å²) in [5.41, 5.74) is 2.43. The first-order valence-electron chi connectivity index (χ1n) is 6.20. The van der Waals surface area contributed by atoms with Crippen LogP contribution in [0.15, 0.2) is 18.3 Å². The molecule has 0 aliphatic carbocycles. The van der Waals surface area contributed by atoms with Crippen LogP contribution < -0.4 is 10.2 Å². The van der Waals surface area contributed by atoms with Gasteiger partial charge >= 0.3 is 0 Å². The highest BCUT2D eigenvalue weighted by Gasteiger charge is 2.18. The van der Waals surface area contributed by atoms with Crippen molar-refractivity contribution in [3.05, 3.63) is 24.0 Å². The van der Waals surface area contributed by atoms with E-state index >= 15 is 0 Å². The number of nitrogens with one attached hydrogen (secondary N) is 1. The molecule has 0 spiro atoms. The summed E-state index contributed by atoms with van der Waals surface area (Å²) in [6.45, 7) is 4.40. The van der Waals surface area contributed by atoms with E-state index in [1.54, 1.807) is 0 Å². The number of piperidine rings is 1. The van der Waals surface area contributed by atoms with Crippen LogP contribution in [0.5, 0.6) is 0 Å². The molecule has 3 nitrogen and oxygen atoms in total. The van der Waals surface area contributed by atoms with Crippen molar-refractivity contribution in [1.29, 1.82) is 0 Å². The van der Waals surface area contributed by atoms with Gasteiger partial charge in [0, 0.05) is 24.8 Å². The lowest BCUT2D eigenvalue weighted by molar-refractivity contribution is 0.449. The number of rotatable bonds is 3. The van der Waals surface area contributed by atoms with Crippen LogP contribution in [0.25, 0.3) is 0 Å². The Kier molecular flexibility index (Phi) is 3.78. The zero-order valence-corrected chi connectivity index (χ0v) is 10.2. The van der Waals surface area contributed by atoms with E-state index in [2.05, 4.69) is 34.3 Å². The number of aromatic nitrogens is 1. The lowest BCUT2D eigenvalue weighted by atomic mass is 10.1. The Bertz CT molecular complexity index is 320. The summed E-state index contributed by atoms with van der Waals surface area (Å²) in [5.74, 6) is 0. The Morgan fingerprint density at radius 3 is 3.00 bits per heavy atom. The summed E-state index contributed by atoms with van der Waals surface area (Å²) in [7, 11) is 2.05. The van der Waals surface area contributed by atoms with E-state index in [-0.39, 0.29) is 0 Å². The van der Waals surface area contributed by atoms with Crippen LogP contribution in [0.1, 0.15) is 25.5 Å². The first kappa shape index (κ1) is 11.4. The molecular formula is C13H21N3. The first-order valence-corrected chi connectivity index (χ1v) is 6.20. The number of nitrogens with zero attached hydrogens (tertiary/aromatic N) is 2. The maximum absolute atomic E-state index is 4.46. The Balaban J connectivity index is 2.05. The normalized spacial score (nSPS) is 21.1. The van der Waals surface area contributed by atoms with E-state index in [4.69, 9.17) is 0 Å². The Labute approximate surface area is 97.9 Å². The van der Waals surface area contributed by atoms with E-state index in [9.17, 15) is 0 Å². The molecule has 1 aromatic rings. The number of aryl methyl sites for hydroxylation is 1. The molecule has 2 heterocycles. The molecule has 0 radical (unpaired) electrons. The van der Waals surface area contributed by atoms with E-state index in [1.165, 1.54) is 24.2 Å². The van der Waals surface area contributed by atoms with Gasteiger partial charge in [-0.15, -0.1) is 0 Å². The Hall–Kier alpha value is -1.09. The fourth-order valence-electron chi connectivity index (χ4n) is 2.26. The van der Waals surface area contributed by atoms with Crippen molar-refractivity contribution in [2.45, 2.75) is 32.2 Å². The maximum Gasteiger partial charge on any atom is 0.0553 e. The largest absolute Gasteiger partial charge is 0.369 e. The van der Waals surface area contributed by atoms with Crippen LogP contribution in [0, 0.1) is 0 Å². The lowest BCUT2D eigenvalue weighted by Crippen LogP contribution is -2.44. The number of hydrogen-bond donors (Lipinski definition) is 1. The molecular weight excluding hydrogens is 198 g/mol. The minimum absolute atomic E-state index is 0.625. The molecule has 0 aromatic carbocycles. The SMILES string of the molecule is CCc1ccc(N2CCC[C@@H](NC)C2)cn1. The van der Waals surface area contributed by atoms with Gasteiger partial charge in [0.25, 0.3) is 0 Å². The number of likely N-dealkylation sites (N-methyl/N-ethyl adjacent to an activating group) is 1. The highest BCUT2D eigenvalue weighted by molar-refractivity contribution is 5.45.